The minimum atomic E-state index is -0.531. The molecule has 1 heterocycles. The molecule has 2 unspecified atom stereocenters. The summed E-state index contributed by atoms with van der Waals surface area (Å²) < 4.78 is 5.66. The lowest BCUT2D eigenvalue weighted by Gasteiger charge is -2.28. The standard InChI is InChI=1S/C16H31N3O2/c1-13-12-19(10-5-11-21-13)9-4-3-8-16(2,15(17)20)18-14-6-7-14/h13-14,18H,3-12H2,1-2H3,(H2,17,20). The summed E-state index contributed by atoms with van der Waals surface area (Å²) in [5.74, 6) is -0.216. The number of hydrogen-bond donors (Lipinski definition) is 2. The second kappa shape index (κ2) is 7.56. The van der Waals surface area contributed by atoms with Crippen molar-refractivity contribution in [3.63, 3.8) is 0 Å². The van der Waals surface area contributed by atoms with E-state index in [0.717, 1.165) is 51.9 Å². The van der Waals surface area contributed by atoms with E-state index in [1.165, 1.54) is 12.8 Å². The van der Waals surface area contributed by atoms with Gasteiger partial charge in [-0.15, -0.1) is 0 Å². The molecule has 3 N–H and O–H groups in total. The SMILES string of the molecule is CC1CN(CCCCC(C)(NC2CC2)C(N)=O)CCCO1. The molecule has 1 aliphatic heterocycles. The van der Waals surface area contributed by atoms with Gasteiger partial charge in [0.15, 0.2) is 0 Å². The maximum absolute atomic E-state index is 11.7. The van der Waals surface area contributed by atoms with Crippen LogP contribution in [0.4, 0.5) is 0 Å². The zero-order valence-corrected chi connectivity index (χ0v) is 13.6. The molecule has 1 saturated carbocycles. The number of nitrogens with two attached hydrogens (primary N) is 1. The Labute approximate surface area is 128 Å². The lowest BCUT2D eigenvalue weighted by molar-refractivity contribution is -0.124. The summed E-state index contributed by atoms with van der Waals surface area (Å²) in [6, 6.07) is 0.506. The van der Waals surface area contributed by atoms with E-state index in [1.54, 1.807) is 0 Å². The van der Waals surface area contributed by atoms with Crippen molar-refractivity contribution in [1.82, 2.24) is 10.2 Å². The Bertz CT molecular complexity index is 346. The molecule has 0 aromatic heterocycles. The molecule has 0 bridgehead atoms. The van der Waals surface area contributed by atoms with E-state index in [4.69, 9.17) is 10.5 Å². The van der Waals surface area contributed by atoms with E-state index < -0.39 is 5.54 Å². The smallest absolute Gasteiger partial charge is 0.237 e. The summed E-state index contributed by atoms with van der Waals surface area (Å²) >= 11 is 0. The molecule has 1 amide bonds. The van der Waals surface area contributed by atoms with Crippen molar-refractivity contribution in [1.29, 1.82) is 0 Å². The van der Waals surface area contributed by atoms with Crippen LogP contribution in [-0.4, -0.2) is 54.7 Å². The third-order valence-corrected chi connectivity index (χ3v) is 4.58. The molecule has 0 aromatic rings. The number of rotatable bonds is 8. The van der Waals surface area contributed by atoms with Gasteiger partial charge in [-0.2, -0.15) is 0 Å². The van der Waals surface area contributed by atoms with Gasteiger partial charge in [-0.1, -0.05) is 0 Å². The third kappa shape index (κ3) is 5.57. The highest BCUT2D eigenvalue weighted by Gasteiger charge is 2.36. The van der Waals surface area contributed by atoms with E-state index in [2.05, 4.69) is 17.1 Å². The largest absolute Gasteiger partial charge is 0.377 e. The highest BCUT2D eigenvalue weighted by molar-refractivity contribution is 5.84. The second-order valence-corrected chi connectivity index (χ2v) is 6.91. The fraction of sp³-hybridized carbons (Fsp3) is 0.938. The maximum atomic E-state index is 11.7. The van der Waals surface area contributed by atoms with Crippen molar-refractivity contribution in [2.45, 2.75) is 70.1 Å². The van der Waals surface area contributed by atoms with E-state index in [-0.39, 0.29) is 5.91 Å². The Morgan fingerprint density at radius 2 is 2.19 bits per heavy atom. The van der Waals surface area contributed by atoms with Crippen molar-refractivity contribution in [3.05, 3.63) is 0 Å². The lowest BCUT2D eigenvalue weighted by Crippen LogP contribution is -2.54. The molecule has 0 aromatic carbocycles. The van der Waals surface area contributed by atoms with Crippen LogP contribution in [0.15, 0.2) is 0 Å². The first kappa shape index (κ1) is 16.7. The monoisotopic (exact) mass is 297 g/mol. The van der Waals surface area contributed by atoms with Crippen molar-refractivity contribution < 1.29 is 9.53 Å². The number of hydrogen-bond acceptors (Lipinski definition) is 4. The normalized spacial score (nSPS) is 27.0. The number of carbonyl (C=O) groups excluding carboxylic acids is 1. The molecule has 21 heavy (non-hydrogen) atoms. The van der Waals surface area contributed by atoms with Crippen LogP contribution in [0.2, 0.25) is 0 Å². The summed E-state index contributed by atoms with van der Waals surface area (Å²) in [5.41, 5.74) is 5.05. The summed E-state index contributed by atoms with van der Waals surface area (Å²) in [5, 5.41) is 3.41. The van der Waals surface area contributed by atoms with Gasteiger partial charge in [0.25, 0.3) is 0 Å². The molecule has 0 spiro atoms. The van der Waals surface area contributed by atoms with Crippen LogP contribution in [0.5, 0.6) is 0 Å². The van der Waals surface area contributed by atoms with Crippen LogP contribution >= 0.6 is 0 Å². The van der Waals surface area contributed by atoms with Gasteiger partial charge >= 0.3 is 0 Å². The molecular weight excluding hydrogens is 266 g/mol. The quantitative estimate of drug-likeness (QED) is 0.662. The summed E-state index contributed by atoms with van der Waals surface area (Å²) in [7, 11) is 0. The minimum Gasteiger partial charge on any atom is -0.377 e. The van der Waals surface area contributed by atoms with Gasteiger partial charge in [-0.3, -0.25) is 4.79 Å². The van der Waals surface area contributed by atoms with Gasteiger partial charge in [0.2, 0.25) is 5.91 Å². The zero-order valence-electron chi connectivity index (χ0n) is 13.6. The predicted octanol–water partition coefficient (Wildman–Crippen LogP) is 1.26. The topological polar surface area (TPSA) is 67.6 Å². The first-order valence-electron chi connectivity index (χ1n) is 8.41. The first-order chi connectivity index (χ1) is 9.99. The second-order valence-electron chi connectivity index (χ2n) is 6.91. The number of primary amides is 1. The van der Waals surface area contributed by atoms with Crippen molar-refractivity contribution in [3.8, 4) is 0 Å². The molecule has 2 fully saturated rings. The molecule has 5 nitrogen and oxygen atoms in total. The number of carbonyl (C=O) groups is 1. The van der Waals surface area contributed by atoms with Gasteiger partial charge < -0.3 is 20.7 Å². The average molecular weight is 297 g/mol. The number of ether oxygens (including phenoxy) is 1. The Morgan fingerprint density at radius 3 is 2.86 bits per heavy atom. The van der Waals surface area contributed by atoms with Gasteiger partial charge in [-0.05, 0) is 58.9 Å². The highest BCUT2D eigenvalue weighted by atomic mass is 16.5. The van der Waals surface area contributed by atoms with Gasteiger partial charge in [0, 0.05) is 25.7 Å². The fourth-order valence-corrected chi connectivity index (χ4v) is 3.04. The zero-order chi connectivity index (χ0) is 15.3. The van der Waals surface area contributed by atoms with E-state index in [9.17, 15) is 4.79 Å². The number of unbranched alkanes of at least 4 members (excludes halogenated alkanes) is 1. The number of nitrogens with one attached hydrogen (secondary N) is 1. The molecule has 1 aliphatic carbocycles. The van der Waals surface area contributed by atoms with Crippen molar-refractivity contribution in [2.75, 3.05) is 26.2 Å². The minimum absolute atomic E-state index is 0.216. The van der Waals surface area contributed by atoms with Crippen LogP contribution in [0.25, 0.3) is 0 Å². The summed E-state index contributed by atoms with van der Waals surface area (Å²) in [6.45, 7) is 8.21. The molecule has 0 radical (unpaired) electrons. The fourth-order valence-electron chi connectivity index (χ4n) is 3.04. The summed E-state index contributed by atoms with van der Waals surface area (Å²) in [6.07, 6.45) is 6.78. The number of nitrogens with zero attached hydrogens (tertiary/aromatic N) is 1. The van der Waals surface area contributed by atoms with Crippen LogP contribution in [-0.2, 0) is 9.53 Å². The third-order valence-electron chi connectivity index (χ3n) is 4.58. The van der Waals surface area contributed by atoms with E-state index in [1.807, 2.05) is 6.92 Å². The highest BCUT2D eigenvalue weighted by Crippen LogP contribution is 2.25. The predicted molar refractivity (Wildman–Crippen MR) is 84.1 cm³/mol. The average Bonchev–Trinajstić information content (AvgIpc) is 3.23. The molecule has 122 valence electrons. The molecular formula is C16H31N3O2. The first-order valence-corrected chi connectivity index (χ1v) is 8.41. The van der Waals surface area contributed by atoms with Crippen LogP contribution in [0.1, 0.15) is 52.4 Å². The summed E-state index contributed by atoms with van der Waals surface area (Å²) in [4.78, 5) is 14.2. The molecule has 2 rings (SSSR count). The van der Waals surface area contributed by atoms with Crippen LogP contribution in [0, 0.1) is 0 Å². The maximum Gasteiger partial charge on any atom is 0.237 e. The lowest BCUT2D eigenvalue weighted by atomic mass is 9.93. The van der Waals surface area contributed by atoms with Crippen molar-refractivity contribution >= 4 is 5.91 Å². The number of amides is 1. The van der Waals surface area contributed by atoms with Crippen LogP contribution < -0.4 is 11.1 Å². The molecule has 5 heteroatoms. The Hall–Kier alpha value is -0.650. The Morgan fingerprint density at radius 1 is 1.43 bits per heavy atom. The van der Waals surface area contributed by atoms with Gasteiger partial charge in [-0.25, -0.2) is 0 Å². The molecule has 2 aliphatic rings. The van der Waals surface area contributed by atoms with E-state index in [0.29, 0.717) is 12.1 Å². The van der Waals surface area contributed by atoms with Gasteiger partial charge in [0.05, 0.1) is 11.6 Å². The van der Waals surface area contributed by atoms with E-state index >= 15 is 0 Å². The molecule has 2 atom stereocenters. The Kier molecular flexibility index (Phi) is 6.02. The van der Waals surface area contributed by atoms with Gasteiger partial charge in [0.1, 0.15) is 0 Å². The molecule has 1 saturated heterocycles. The Balaban J connectivity index is 1.68. The van der Waals surface area contributed by atoms with Crippen LogP contribution in [0.3, 0.4) is 0 Å². The van der Waals surface area contributed by atoms with Crippen molar-refractivity contribution in [2.24, 2.45) is 5.73 Å².